The summed E-state index contributed by atoms with van der Waals surface area (Å²) in [5.74, 6) is -4.41. The number of ether oxygens (including phenoxy) is 1. The summed E-state index contributed by atoms with van der Waals surface area (Å²) in [4.78, 5) is 20.5. The van der Waals surface area contributed by atoms with Crippen molar-refractivity contribution in [2.75, 3.05) is 19.4 Å². The SMILES string of the molecule is COc1cc(C(=O)NCC(c2cc(C(C)(C)F)c(F)c(-c3cc(Cl)c(F)cc3F)n2)C2CC2)cc(/C=N/C(F)F)c1N. The number of halogens is 7. The first-order valence-electron chi connectivity index (χ1n) is 12.8. The number of pyridine rings is 1. The molecule has 4 rings (SSSR count). The smallest absolute Gasteiger partial charge is 0.331 e. The van der Waals surface area contributed by atoms with Gasteiger partial charge >= 0.3 is 6.55 Å². The maximum Gasteiger partial charge on any atom is 0.331 e. The summed E-state index contributed by atoms with van der Waals surface area (Å²) in [6, 6.07) is 5.21. The van der Waals surface area contributed by atoms with Crippen LogP contribution in [0.15, 0.2) is 35.3 Å². The van der Waals surface area contributed by atoms with E-state index in [1.165, 1.54) is 25.3 Å². The lowest BCUT2D eigenvalue weighted by Crippen LogP contribution is -2.30. The lowest BCUT2D eigenvalue weighted by atomic mass is 9.91. The zero-order chi connectivity index (χ0) is 30.9. The number of carbonyl (C=O) groups is 1. The molecule has 0 aliphatic heterocycles. The molecular weight excluding hydrogens is 586 g/mol. The van der Waals surface area contributed by atoms with Gasteiger partial charge in [0.05, 0.1) is 17.8 Å². The standard InChI is InChI=1S/C29H27ClF6N4O2/c1-29(2,36)18-9-22(40-26(24(18)33)16-8-19(30)21(32)10-20(16)31)17(13-4-5-13)12-38-27(41)14-6-15(11-39-28(34)35)25(37)23(7-14)42-3/h6-11,13,17,28H,4-5,12,37H2,1-3H3,(H,38,41)/b39-11+. The van der Waals surface area contributed by atoms with Crippen molar-refractivity contribution < 1.29 is 35.9 Å². The maximum atomic E-state index is 15.6. The van der Waals surface area contributed by atoms with E-state index < -0.39 is 63.3 Å². The molecular formula is C29H27ClF6N4O2. The van der Waals surface area contributed by atoms with Crippen molar-refractivity contribution in [2.45, 2.75) is 44.8 Å². The maximum absolute atomic E-state index is 15.6. The van der Waals surface area contributed by atoms with E-state index in [-0.39, 0.29) is 40.7 Å². The van der Waals surface area contributed by atoms with Crippen LogP contribution in [0.2, 0.25) is 5.02 Å². The van der Waals surface area contributed by atoms with Crippen molar-refractivity contribution in [3.63, 3.8) is 0 Å². The Kier molecular flexibility index (Phi) is 9.05. The number of aromatic nitrogens is 1. The second-order valence-corrected chi connectivity index (χ2v) is 10.8. The monoisotopic (exact) mass is 612 g/mol. The van der Waals surface area contributed by atoms with E-state index in [9.17, 15) is 22.4 Å². The molecule has 6 nitrogen and oxygen atoms in total. The number of rotatable bonds is 10. The summed E-state index contributed by atoms with van der Waals surface area (Å²) in [5.41, 5.74) is 2.61. The van der Waals surface area contributed by atoms with Crippen molar-refractivity contribution in [3.05, 3.63) is 75.2 Å². The summed E-state index contributed by atoms with van der Waals surface area (Å²) in [5, 5.41) is 2.27. The number of methoxy groups -OCH3 is 1. The number of nitrogens with one attached hydrogen (secondary N) is 1. The van der Waals surface area contributed by atoms with Gasteiger partial charge in [0.1, 0.15) is 28.7 Å². The number of nitrogens with two attached hydrogens (primary N) is 1. The summed E-state index contributed by atoms with van der Waals surface area (Å²) >= 11 is 5.83. The van der Waals surface area contributed by atoms with Crippen molar-refractivity contribution >= 4 is 29.4 Å². The molecule has 1 heterocycles. The minimum Gasteiger partial charge on any atom is -0.495 e. The van der Waals surface area contributed by atoms with Gasteiger partial charge in [0.15, 0.2) is 5.82 Å². The largest absolute Gasteiger partial charge is 0.495 e. The van der Waals surface area contributed by atoms with Gasteiger partial charge < -0.3 is 15.8 Å². The van der Waals surface area contributed by atoms with E-state index in [1.54, 1.807) is 0 Å². The molecule has 0 spiro atoms. The fourth-order valence-electron chi connectivity index (χ4n) is 4.56. The fraction of sp³-hybridized carbons (Fsp3) is 0.345. The van der Waals surface area contributed by atoms with Gasteiger partial charge in [-0.25, -0.2) is 27.5 Å². The molecule has 1 fully saturated rings. The van der Waals surface area contributed by atoms with Crippen LogP contribution in [0.4, 0.5) is 32.0 Å². The molecule has 1 unspecified atom stereocenters. The molecule has 0 bridgehead atoms. The lowest BCUT2D eigenvalue weighted by molar-refractivity contribution is 0.0949. The summed E-state index contributed by atoms with van der Waals surface area (Å²) in [6.07, 6.45) is 2.31. The number of benzene rings is 2. The van der Waals surface area contributed by atoms with Crippen molar-refractivity contribution in [3.8, 4) is 17.0 Å². The van der Waals surface area contributed by atoms with Crippen LogP contribution in [-0.2, 0) is 5.67 Å². The molecule has 1 atom stereocenters. The molecule has 1 aromatic heterocycles. The molecule has 1 aliphatic rings. The Morgan fingerprint density at radius 2 is 1.88 bits per heavy atom. The number of anilines is 1. The highest BCUT2D eigenvalue weighted by atomic mass is 35.5. The van der Waals surface area contributed by atoms with E-state index in [4.69, 9.17) is 22.1 Å². The molecule has 3 N–H and O–H groups in total. The third kappa shape index (κ3) is 6.80. The first kappa shape index (κ1) is 31.1. The Hall–Kier alpha value is -3.80. The first-order chi connectivity index (χ1) is 19.7. The molecule has 3 aromatic rings. The third-order valence-electron chi connectivity index (χ3n) is 6.92. The number of alkyl halides is 3. The average molecular weight is 613 g/mol. The molecule has 1 saturated carbocycles. The van der Waals surface area contributed by atoms with Crippen molar-refractivity contribution in [2.24, 2.45) is 10.9 Å². The molecule has 0 saturated heterocycles. The molecule has 13 heteroatoms. The van der Waals surface area contributed by atoms with Crippen LogP contribution in [0.5, 0.6) is 5.75 Å². The molecule has 42 heavy (non-hydrogen) atoms. The Morgan fingerprint density at radius 1 is 1.19 bits per heavy atom. The number of hydrogen-bond donors (Lipinski definition) is 2. The van der Waals surface area contributed by atoms with Gasteiger partial charge in [0.25, 0.3) is 5.91 Å². The summed E-state index contributed by atoms with van der Waals surface area (Å²) in [6.45, 7) is -0.763. The molecule has 0 radical (unpaired) electrons. The zero-order valence-corrected chi connectivity index (χ0v) is 23.5. The molecule has 1 aliphatic carbocycles. The predicted molar refractivity (Wildman–Crippen MR) is 147 cm³/mol. The Morgan fingerprint density at radius 3 is 2.48 bits per heavy atom. The van der Waals surface area contributed by atoms with Crippen LogP contribution in [0.3, 0.4) is 0 Å². The highest BCUT2D eigenvalue weighted by Crippen LogP contribution is 2.44. The second kappa shape index (κ2) is 12.2. The van der Waals surface area contributed by atoms with Gasteiger partial charge in [-0.2, -0.15) is 8.78 Å². The Bertz CT molecular complexity index is 1540. The molecule has 224 valence electrons. The quantitative estimate of drug-likeness (QED) is 0.0834. The minimum atomic E-state index is -2.99. The van der Waals surface area contributed by atoms with Gasteiger partial charge in [-0.3, -0.25) is 4.79 Å². The molecule has 2 aromatic carbocycles. The van der Waals surface area contributed by atoms with E-state index >= 15 is 8.78 Å². The summed E-state index contributed by atoms with van der Waals surface area (Å²) in [7, 11) is 1.30. The number of aliphatic imine (C=N–C) groups is 1. The van der Waals surface area contributed by atoms with Crippen molar-refractivity contribution in [1.29, 1.82) is 0 Å². The number of carbonyl (C=O) groups excluding carboxylic acids is 1. The average Bonchev–Trinajstić information content (AvgIpc) is 3.75. The zero-order valence-electron chi connectivity index (χ0n) is 22.8. The van der Waals surface area contributed by atoms with Gasteiger partial charge in [-0.15, -0.1) is 0 Å². The highest BCUT2D eigenvalue weighted by molar-refractivity contribution is 6.31. The first-order valence-corrected chi connectivity index (χ1v) is 13.2. The van der Waals surface area contributed by atoms with Crippen molar-refractivity contribution in [1.82, 2.24) is 10.3 Å². The highest BCUT2D eigenvalue weighted by Gasteiger charge is 2.36. The Balaban J connectivity index is 1.71. The second-order valence-electron chi connectivity index (χ2n) is 10.4. The van der Waals surface area contributed by atoms with Crippen LogP contribution in [0.1, 0.15) is 59.8 Å². The van der Waals surface area contributed by atoms with E-state index in [0.29, 0.717) is 6.07 Å². The van der Waals surface area contributed by atoms with Gasteiger partial charge in [0.2, 0.25) is 0 Å². The van der Waals surface area contributed by atoms with E-state index in [0.717, 1.165) is 39.0 Å². The van der Waals surface area contributed by atoms with Crippen LogP contribution < -0.4 is 15.8 Å². The van der Waals surface area contributed by atoms with Gasteiger partial charge in [0, 0.05) is 52.7 Å². The Labute approximate surface area is 242 Å². The van der Waals surface area contributed by atoms with Gasteiger partial charge in [-0.1, -0.05) is 11.6 Å². The number of hydrogen-bond acceptors (Lipinski definition) is 5. The van der Waals surface area contributed by atoms with Crippen LogP contribution in [0, 0.1) is 23.4 Å². The molecule has 1 amide bonds. The number of nitrogens with zero attached hydrogens (tertiary/aromatic N) is 2. The number of nitrogen functional groups attached to an aromatic ring is 1. The predicted octanol–water partition coefficient (Wildman–Crippen LogP) is 7.18. The topological polar surface area (TPSA) is 89.6 Å². The van der Waals surface area contributed by atoms with E-state index in [2.05, 4.69) is 15.3 Å². The number of amides is 1. The lowest BCUT2D eigenvalue weighted by Gasteiger charge is -2.23. The fourth-order valence-corrected chi connectivity index (χ4v) is 4.73. The van der Waals surface area contributed by atoms with Crippen LogP contribution in [-0.4, -0.2) is 37.3 Å². The van der Waals surface area contributed by atoms with Crippen LogP contribution >= 0.6 is 11.6 Å². The summed E-state index contributed by atoms with van der Waals surface area (Å²) < 4.78 is 89.7. The van der Waals surface area contributed by atoms with Gasteiger partial charge in [-0.05, 0) is 56.9 Å². The van der Waals surface area contributed by atoms with E-state index in [1.807, 2.05) is 0 Å². The normalized spacial score (nSPS) is 14.5. The third-order valence-corrected chi connectivity index (χ3v) is 7.21. The minimum absolute atomic E-state index is 0.00634. The van der Waals surface area contributed by atoms with Crippen LogP contribution in [0.25, 0.3) is 11.3 Å².